The Morgan fingerprint density at radius 2 is 1.62 bits per heavy atom. The molecule has 0 aliphatic carbocycles. The molecule has 0 atom stereocenters. The van der Waals surface area contributed by atoms with Crippen LogP contribution in [-0.4, -0.2) is 11.0 Å². The minimum absolute atomic E-state index is 0.201. The summed E-state index contributed by atoms with van der Waals surface area (Å²) in [5.74, 6) is -0.401. The minimum atomic E-state index is -0.367. The molecule has 0 bridgehead atoms. The Labute approximate surface area is 105 Å². The monoisotopic (exact) mass is 261 g/mol. The van der Waals surface area contributed by atoms with Crippen LogP contribution in [0.2, 0.25) is 10.0 Å². The normalized spacial score (nSPS) is 10.7. The number of carbonyl (C=O) groups is 1. The summed E-state index contributed by atoms with van der Waals surface area (Å²) in [4.78, 5) is 15.6. The molecule has 0 amide bonds. The van der Waals surface area contributed by atoms with Crippen LogP contribution in [0.15, 0.2) is 0 Å². The van der Waals surface area contributed by atoms with Crippen LogP contribution in [-0.2, 0) is 4.79 Å². The lowest BCUT2D eigenvalue weighted by molar-refractivity contribution is -0.137. The van der Waals surface area contributed by atoms with Crippen molar-refractivity contribution < 1.29 is 9.53 Å². The van der Waals surface area contributed by atoms with E-state index in [4.69, 9.17) is 27.9 Å². The highest BCUT2D eigenvalue weighted by Gasteiger charge is 2.19. The summed E-state index contributed by atoms with van der Waals surface area (Å²) in [6, 6.07) is 0. The van der Waals surface area contributed by atoms with Gasteiger partial charge in [0.2, 0.25) is 0 Å². The summed E-state index contributed by atoms with van der Waals surface area (Å²) in [7, 11) is 0. The molecule has 1 heterocycles. The van der Waals surface area contributed by atoms with Gasteiger partial charge in [-0.05, 0) is 13.8 Å². The van der Waals surface area contributed by atoms with Crippen LogP contribution >= 0.6 is 23.2 Å². The molecule has 0 N–H and O–H groups in total. The van der Waals surface area contributed by atoms with Crippen molar-refractivity contribution in [2.75, 3.05) is 0 Å². The lowest BCUT2D eigenvalue weighted by atomic mass is 10.2. The molecule has 0 unspecified atom stereocenters. The van der Waals surface area contributed by atoms with Crippen molar-refractivity contribution in [3.8, 4) is 5.75 Å². The molecule has 1 rings (SSSR count). The average molecular weight is 262 g/mol. The highest BCUT2D eigenvalue weighted by Crippen LogP contribution is 2.36. The van der Waals surface area contributed by atoms with Crippen LogP contribution < -0.4 is 4.74 Å². The van der Waals surface area contributed by atoms with Crippen LogP contribution in [0.3, 0.4) is 0 Å². The number of nitrogens with zero attached hydrogens (tertiary/aromatic N) is 1. The first-order valence-electron chi connectivity index (χ1n) is 4.88. The maximum absolute atomic E-state index is 11.5. The smallest absolute Gasteiger partial charge is 0.313 e. The third-order valence-electron chi connectivity index (χ3n) is 2.04. The van der Waals surface area contributed by atoms with Crippen molar-refractivity contribution in [1.29, 1.82) is 0 Å². The topological polar surface area (TPSA) is 39.2 Å². The molecule has 1 aromatic heterocycles. The largest absolute Gasteiger partial charge is 0.423 e. The number of ether oxygens (including phenoxy) is 1. The molecule has 5 heteroatoms. The van der Waals surface area contributed by atoms with E-state index in [1.54, 1.807) is 27.7 Å². The van der Waals surface area contributed by atoms with E-state index >= 15 is 0 Å². The van der Waals surface area contributed by atoms with E-state index in [1.165, 1.54) is 0 Å². The molecule has 88 valence electrons. The Bertz CT molecular complexity index is 404. The van der Waals surface area contributed by atoms with Gasteiger partial charge in [-0.25, -0.2) is 0 Å². The summed E-state index contributed by atoms with van der Waals surface area (Å²) in [5, 5.41) is 0.564. The predicted octanol–water partition coefficient (Wildman–Crippen LogP) is 3.57. The summed E-state index contributed by atoms with van der Waals surface area (Å²) < 4.78 is 5.16. The maximum Gasteiger partial charge on any atom is 0.313 e. The number of aryl methyl sites for hydroxylation is 2. The highest BCUT2D eigenvalue weighted by atomic mass is 35.5. The predicted molar refractivity (Wildman–Crippen MR) is 64.2 cm³/mol. The Morgan fingerprint density at radius 3 is 2.00 bits per heavy atom. The fourth-order valence-corrected chi connectivity index (χ4v) is 1.48. The molecular formula is C11H13Cl2NO2. The molecule has 0 aliphatic heterocycles. The first-order chi connectivity index (χ1) is 7.34. The summed E-state index contributed by atoms with van der Waals surface area (Å²) in [6.45, 7) is 6.95. The second-order valence-corrected chi connectivity index (χ2v) is 4.57. The zero-order valence-electron chi connectivity index (χ0n) is 9.60. The molecule has 0 spiro atoms. The highest BCUT2D eigenvalue weighted by molar-refractivity contribution is 6.38. The number of esters is 1. The van der Waals surface area contributed by atoms with Gasteiger partial charge in [-0.15, -0.1) is 0 Å². The second-order valence-electron chi connectivity index (χ2n) is 3.82. The van der Waals surface area contributed by atoms with E-state index in [0.717, 1.165) is 0 Å². The van der Waals surface area contributed by atoms with Crippen LogP contribution in [0, 0.1) is 19.8 Å². The zero-order chi connectivity index (χ0) is 12.5. The fraction of sp³-hybridized carbons (Fsp3) is 0.455. The van der Waals surface area contributed by atoms with Gasteiger partial charge in [0.25, 0.3) is 0 Å². The number of hydrogen-bond acceptors (Lipinski definition) is 3. The van der Waals surface area contributed by atoms with Gasteiger partial charge in [0.1, 0.15) is 10.0 Å². The molecule has 0 aliphatic rings. The number of rotatable bonds is 2. The van der Waals surface area contributed by atoms with Crippen molar-refractivity contribution in [3.05, 3.63) is 21.4 Å². The molecule has 0 saturated carbocycles. The molecular weight excluding hydrogens is 249 g/mol. The fourth-order valence-electron chi connectivity index (χ4n) is 1.08. The van der Waals surface area contributed by atoms with Gasteiger partial charge in [-0.3, -0.25) is 9.78 Å². The van der Waals surface area contributed by atoms with Crippen LogP contribution in [0.1, 0.15) is 25.2 Å². The number of hydrogen-bond donors (Lipinski definition) is 0. The number of pyridine rings is 1. The van der Waals surface area contributed by atoms with E-state index in [2.05, 4.69) is 4.98 Å². The van der Waals surface area contributed by atoms with Crippen LogP contribution in [0.25, 0.3) is 0 Å². The lowest BCUT2D eigenvalue weighted by Gasteiger charge is -2.12. The molecule has 1 aromatic rings. The van der Waals surface area contributed by atoms with Gasteiger partial charge < -0.3 is 4.74 Å². The minimum Gasteiger partial charge on any atom is -0.423 e. The number of halogens is 2. The van der Waals surface area contributed by atoms with Crippen molar-refractivity contribution in [1.82, 2.24) is 4.98 Å². The number of aromatic nitrogens is 1. The first kappa shape index (κ1) is 13.3. The van der Waals surface area contributed by atoms with E-state index in [0.29, 0.717) is 11.4 Å². The SMILES string of the molecule is Cc1nc(C)c(Cl)c(OC(=O)C(C)C)c1Cl. The molecule has 16 heavy (non-hydrogen) atoms. The summed E-state index contributed by atoms with van der Waals surface area (Å²) in [5.41, 5.74) is 1.19. The van der Waals surface area contributed by atoms with Gasteiger partial charge in [0, 0.05) is 0 Å². The van der Waals surface area contributed by atoms with Gasteiger partial charge in [-0.1, -0.05) is 37.0 Å². The second kappa shape index (κ2) is 5.02. The van der Waals surface area contributed by atoms with Crippen molar-refractivity contribution in [2.24, 2.45) is 5.92 Å². The molecule has 0 radical (unpaired) electrons. The molecule has 0 fully saturated rings. The van der Waals surface area contributed by atoms with Gasteiger partial charge >= 0.3 is 5.97 Å². The third-order valence-corrected chi connectivity index (χ3v) is 2.93. The van der Waals surface area contributed by atoms with Gasteiger partial charge in [0.05, 0.1) is 17.3 Å². The van der Waals surface area contributed by atoms with E-state index < -0.39 is 0 Å². The van der Waals surface area contributed by atoms with Crippen molar-refractivity contribution in [2.45, 2.75) is 27.7 Å². The van der Waals surface area contributed by atoms with Gasteiger partial charge in [-0.2, -0.15) is 0 Å². The van der Waals surface area contributed by atoms with E-state index in [-0.39, 0.29) is 27.7 Å². The Morgan fingerprint density at radius 1 is 1.19 bits per heavy atom. The first-order valence-corrected chi connectivity index (χ1v) is 5.64. The van der Waals surface area contributed by atoms with Crippen LogP contribution in [0.5, 0.6) is 5.75 Å². The quantitative estimate of drug-likeness (QED) is 0.765. The van der Waals surface area contributed by atoms with Crippen molar-refractivity contribution >= 4 is 29.2 Å². The van der Waals surface area contributed by atoms with E-state index in [9.17, 15) is 4.79 Å². The maximum atomic E-state index is 11.5. The Kier molecular flexibility index (Phi) is 4.16. The summed E-state index contributed by atoms with van der Waals surface area (Å²) in [6.07, 6.45) is 0. The van der Waals surface area contributed by atoms with Crippen molar-refractivity contribution in [3.63, 3.8) is 0 Å². The third kappa shape index (κ3) is 2.66. The standard InChI is InChI=1S/C11H13Cl2NO2/c1-5(2)11(15)16-10-8(12)6(3)14-7(4)9(10)13/h5H,1-4H3. The number of carbonyl (C=O) groups excluding carboxylic acids is 1. The van der Waals surface area contributed by atoms with Crippen LogP contribution in [0.4, 0.5) is 0 Å². The zero-order valence-corrected chi connectivity index (χ0v) is 11.1. The summed E-state index contributed by atoms with van der Waals surface area (Å²) >= 11 is 12.0. The molecule has 0 saturated heterocycles. The molecule has 0 aromatic carbocycles. The van der Waals surface area contributed by atoms with E-state index in [1.807, 2.05) is 0 Å². The Balaban J connectivity index is 3.18. The lowest BCUT2D eigenvalue weighted by Crippen LogP contribution is -2.15. The Hall–Kier alpha value is -0.800. The van der Waals surface area contributed by atoms with Gasteiger partial charge in [0.15, 0.2) is 5.75 Å². The average Bonchev–Trinajstić information content (AvgIpc) is 2.21. The molecule has 3 nitrogen and oxygen atoms in total.